The zero-order valence-corrected chi connectivity index (χ0v) is 16.4. The summed E-state index contributed by atoms with van der Waals surface area (Å²) in [7, 11) is 0. The number of anilines is 1. The maximum Gasteiger partial charge on any atom is 0.262 e. The van der Waals surface area contributed by atoms with Crippen LogP contribution in [0.5, 0.6) is 5.75 Å². The third-order valence-electron chi connectivity index (χ3n) is 4.61. The number of carbonyl (C=O) groups excluding carboxylic acids is 1. The van der Waals surface area contributed by atoms with Crippen LogP contribution in [0.3, 0.4) is 0 Å². The van der Waals surface area contributed by atoms with Crippen molar-refractivity contribution in [3.63, 3.8) is 0 Å². The minimum Gasteiger partial charge on any atom is -0.484 e. The highest BCUT2D eigenvalue weighted by atomic mass is 16.5. The minimum atomic E-state index is -0.235. The molecular formula is C24H22N2O3. The monoisotopic (exact) mass is 386 g/mol. The van der Waals surface area contributed by atoms with Crippen LogP contribution in [-0.4, -0.2) is 17.5 Å². The highest BCUT2D eigenvalue weighted by molar-refractivity contribution is 5.94. The zero-order chi connectivity index (χ0) is 20.2. The molecule has 29 heavy (non-hydrogen) atoms. The van der Waals surface area contributed by atoms with Gasteiger partial charge in [-0.1, -0.05) is 44.2 Å². The van der Waals surface area contributed by atoms with E-state index in [1.165, 1.54) is 5.56 Å². The summed E-state index contributed by atoms with van der Waals surface area (Å²) in [6.45, 7) is 4.26. The Morgan fingerprint density at radius 2 is 1.79 bits per heavy atom. The zero-order valence-electron chi connectivity index (χ0n) is 16.4. The molecule has 5 heteroatoms. The van der Waals surface area contributed by atoms with E-state index in [2.05, 4.69) is 36.3 Å². The fraction of sp³-hybridized carbons (Fsp3) is 0.167. The quantitative estimate of drug-likeness (QED) is 0.466. The van der Waals surface area contributed by atoms with E-state index >= 15 is 0 Å². The standard InChI is InChI=1S/C24H22N2O3/c1-16(2)17-8-10-18(11-9-17)24-26-21-14-19(12-13-22(21)29-24)25-23(27)15-28-20-6-4-3-5-7-20/h3-14,16H,15H2,1-2H3,(H,25,27). The van der Waals surface area contributed by atoms with Crippen molar-refractivity contribution in [1.82, 2.24) is 4.98 Å². The van der Waals surface area contributed by atoms with Crippen molar-refractivity contribution in [2.45, 2.75) is 19.8 Å². The van der Waals surface area contributed by atoms with Gasteiger partial charge in [0.15, 0.2) is 12.2 Å². The third kappa shape index (κ3) is 4.46. The van der Waals surface area contributed by atoms with Gasteiger partial charge in [-0.2, -0.15) is 0 Å². The molecule has 4 aromatic rings. The Hall–Kier alpha value is -3.60. The Morgan fingerprint density at radius 3 is 2.52 bits per heavy atom. The first-order chi connectivity index (χ1) is 14.1. The lowest BCUT2D eigenvalue weighted by Gasteiger charge is -2.07. The summed E-state index contributed by atoms with van der Waals surface area (Å²) in [6.07, 6.45) is 0. The molecule has 1 N–H and O–H groups in total. The van der Waals surface area contributed by atoms with Gasteiger partial charge in [0.2, 0.25) is 5.89 Å². The number of hydrogen-bond acceptors (Lipinski definition) is 4. The summed E-state index contributed by atoms with van der Waals surface area (Å²) in [5, 5.41) is 2.83. The minimum absolute atomic E-state index is 0.0612. The summed E-state index contributed by atoms with van der Waals surface area (Å²) < 4.78 is 11.3. The first kappa shape index (κ1) is 18.7. The van der Waals surface area contributed by atoms with Crippen molar-refractivity contribution in [2.24, 2.45) is 0 Å². The molecule has 5 nitrogen and oxygen atoms in total. The number of nitrogens with one attached hydrogen (secondary N) is 1. The molecule has 0 radical (unpaired) electrons. The van der Waals surface area contributed by atoms with Gasteiger partial charge in [-0.05, 0) is 53.9 Å². The van der Waals surface area contributed by atoms with Crippen LogP contribution in [-0.2, 0) is 4.79 Å². The number of ether oxygens (including phenoxy) is 1. The van der Waals surface area contributed by atoms with Crippen molar-refractivity contribution in [3.05, 3.63) is 78.4 Å². The fourth-order valence-electron chi connectivity index (χ4n) is 3.00. The van der Waals surface area contributed by atoms with Crippen LogP contribution in [0.4, 0.5) is 5.69 Å². The van der Waals surface area contributed by atoms with Crippen molar-refractivity contribution in [2.75, 3.05) is 11.9 Å². The van der Waals surface area contributed by atoms with E-state index in [0.29, 0.717) is 34.3 Å². The molecule has 4 rings (SSSR count). The average molecular weight is 386 g/mol. The lowest BCUT2D eigenvalue weighted by Crippen LogP contribution is -2.20. The van der Waals surface area contributed by atoms with E-state index in [9.17, 15) is 4.79 Å². The Kier molecular flexibility index (Phi) is 5.29. The smallest absolute Gasteiger partial charge is 0.262 e. The molecule has 0 bridgehead atoms. The van der Waals surface area contributed by atoms with E-state index in [1.807, 2.05) is 48.5 Å². The van der Waals surface area contributed by atoms with Crippen molar-refractivity contribution in [3.8, 4) is 17.2 Å². The largest absolute Gasteiger partial charge is 0.484 e. The molecule has 0 unspecified atom stereocenters. The van der Waals surface area contributed by atoms with Crippen molar-refractivity contribution in [1.29, 1.82) is 0 Å². The second kappa shape index (κ2) is 8.19. The van der Waals surface area contributed by atoms with Gasteiger partial charge >= 0.3 is 0 Å². The number of hydrogen-bond donors (Lipinski definition) is 1. The van der Waals surface area contributed by atoms with Gasteiger partial charge in [0, 0.05) is 11.3 Å². The number of carbonyl (C=O) groups is 1. The van der Waals surface area contributed by atoms with Gasteiger partial charge in [-0.3, -0.25) is 4.79 Å². The van der Waals surface area contributed by atoms with Gasteiger partial charge < -0.3 is 14.5 Å². The molecule has 0 saturated heterocycles. The van der Waals surface area contributed by atoms with Gasteiger partial charge in [0.1, 0.15) is 11.3 Å². The number of nitrogens with zero attached hydrogens (tertiary/aromatic N) is 1. The van der Waals surface area contributed by atoms with Crippen LogP contribution < -0.4 is 10.1 Å². The third-order valence-corrected chi connectivity index (χ3v) is 4.61. The van der Waals surface area contributed by atoms with Gasteiger partial charge in [-0.25, -0.2) is 4.98 Å². The summed E-state index contributed by atoms with van der Waals surface area (Å²) >= 11 is 0. The van der Waals surface area contributed by atoms with Crippen molar-refractivity contribution >= 4 is 22.7 Å². The number of amides is 1. The summed E-state index contributed by atoms with van der Waals surface area (Å²) in [4.78, 5) is 16.7. The Bertz CT molecular complexity index is 1120. The van der Waals surface area contributed by atoms with Crippen LogP contribution in [0, 0.1) is 0 Å². The molecule has 0 aliphatic carbocycles. The molecule has 0 spiro atoms. The first-order valence-corrected chi connectivity index (χ1v) is 9.57. The van der Waals surface area contributed by atoms with Gasteiger partial charge in [0.05, 0.1) is 0 Å². The molecule has 0 atom stereocenters. The topological polar surface area (TPSA) is 64.4 Å². The highest BCUT2D eigenvalue weighted by Gasteiger charge is 2.11. The van der Waals surface area contributed by atoms with Crippen LogP contribution in [0.25, 0.3) is 22.6 Å². The number of fused-ring (bicyclic) bond motifs is 1. The predicted molar refractivity (Wildman–Crippen MR) is 114 cm³/mol. The van der Waals surface area contributed by atoms with Crippen molar-refractivity contribution < 1.29 is 13.9 Å². The first-order valence-electron chi connectivity index (χ1n) is 9.57. The Balaban J connectivity index is 1.46. The predicted octanol–water partition coefficient (Wildman–Crippen LogP) is 5.64. The number of aromatic nitrogens is 1. The number of oxazole rings is 1. The van der Waals surface area contributed by atoms with Crippen LogP contribution >= 0.6 is 0 Å². The maximum absolute atomic E-state index is 12.2. The molecule has 0 aliphatic rings. The number of para-hydroxylation sites is 1. The molecule has 1 heterocycles. The van der Waals surface area contributed by atoms with E-state index in [0.717, 1.165) is 5.56 Å². The van der Waals surface area contributed by atoms with E-state index in [-0.39, 0.29) is 12.5 Å². The molecule has 146 valence electrons. The van der Waals surface area contributed by atoms with E-state index in [4.69, 9.17) is 9.15 Å². The molecule has 3 aromatic carbocycles. The molecule has 0 aliphatic heterocycles. The Labute approximate surface area is 169 Å². The summed E-state index contributed by atoms with van der Waals surface area (Å²) in [6, 6.07) is 22.8. The van der Waals surface area contributed by atoms with Crippen LogP contribution in [0.2, 0.25) is 0 Å². The molecule has 0 saturated carbocycles. The maximum atomic E-state index is 12.2. The lowest BCUT2D eigenvalue weighted by molar-refractivity contribution is -0.118. The fourth-order valence-corrected chi connectivity index (χ4v) is 3.00. The van der Waals surface area contributed by atoms with Gasteiger partial charge in [-0.15, -0.1) is 0 Å². The van der Waals surface area contributed by atoms with Crippen LogP contribution in [0.15, 0.2) is 77.2 Å². The van der Waals surface area contributed by atoms with Crippen LogP contribution in [0.1, 0.15) is 25.3 Å². The van der Waals surface area contributed by atoms with E-state index < -0.39 is 0 Å². The average Bonchev–Trinajstić information content (AvgIpc) is 3.16. The molecule has 1 aromatic heterocycles. The number of benzene rings is 3. The second-order valence-electron chi connectivity index (χ2n) is 7.13. The Morgan fingerprint density at radius 1 is 1.03 bits per heavy atom. The summed E-state index contributed by atoms with van der Waals surface area (Å²) in [5.41, 5.74) is 4.20. The highest BCUT2D eigenvalue weighted by Crippen LogP contribution is 2.27. The SMILES string of the molecule is CC(C)c1ccc(-c2nc3cc(NC(=O)COc4ccccc4)ccc3o2)cc1. The lowest BCUT2D eigenvalue weighted by atomic mass is 10.0. The molecule has 0 fully saturated rings. The van der Waals surface area contributed by atoms with Gasteiger partial charge in [0.25, 0.3) is 5.91 Å². The second-order valence-corrected chi connectivity index (χ2v) is 7.13. The molecular weight excluding hydrogens is 364 g/mol. The summed E-state index contributed by atoms with van der Waals surface area (Å²) in [5.74, 6) is 1.46. The van der Waals surface area contributed by atoms with E-state index in [1.54, 1.807) is 12.1 Å². The number of rotatable bonds is 6. The normalized spacial score (nSPS) is 11.0. The molecule has 1 amide bonds.